The topological polar surface area (TPSA) is 51.5 Å². The number of carbonyl (C=O) groups is 1. The van der Waals surface area contributed by atoms with Crippen molar-refractivity contribution in [3.63, 3.8) is 0 Å². The molecule has 4 nitrogen and oxygen atoms in total. The molecular weight excluding hydrogens is 254 g/mol. The Balaban J connectivity index is 1.88. The van der Waals surface area contributed by atoms with E-state index in [1.807, 2.05) is 45.0 Å². The summed E-state index contributed by atoms with van der Waals surface area (Å²) in [6, 6.07) is 9.26. The molecule has 106 valence electrons. The first-order valence-corrected chi connectivity index (χ1v) is 6.59. The molecule has 2 rings (SSSR count). The standard InChI is InChI=1S/C16H19NO3/c1-11-6-4-7-14(12(11)2)20-10-16(18)17-13(3)15-8-5-9-19-15/h4-9,13H,10H2,1-3H3,(H,17,18). The van der Waals surface area contributed by atoms with Crippen LogP contribution >= 0.6 is 0 Å². The normalized spacial score (nSPS) is 11.9. The SMILES string of the molecule is Cc1cccc(OCC(=O)NC(C)c2ccco2)c1C. The molecule has 1 N–H and O–H groups in total. The molecule has 2 aromatic rings. The maximum absolute atomic E-state index is 11.8. The van der Waals surface area contributed by atoms with Crippen LogP contribution in [0.15, 0.2) is 41.0 Å². The van der Waals surface area contributed by atoms with Crippen molar-refractivity contribution in [2.45, 2.75) is 26.8 Å². The third kappa shape index (κ3) is 3.41. The summed E-state index contributed by atoms with van der Waals surface area (Å²) >= 11 is 0. The molecule has 0 aliphatic heterocycles. The average molecular weight is 273 g/mol. The van der Waals surface area contributed by atoms with Gasteiger partial charge in [-0.2, -0.15) is 0 Å². The number of aryl methyl sites for hydroxylation is 1. The lowest BCUT2D eigenvalue weighted by molar-refractivity contribution is -0.123. The van der Waals surface area contributed by atoms with E-state index in [4.69, 9.17) is 9.15 Å². The molecule has 1 aromatic heterocycles. The summed E-state index contributed by atoms with van der Waals surface area (Å²) in [5.74, 6) is 1.30. The highest BCUT2D eigenvalue weighted by Gasteiger charge is 2.12. The van der Waals surface area contributed by atoms with Crippen LogP contribution < -0.4 is 10.1 Å². The maximum Gasteiger partial charge on any atom is 0.258 e. The van der Waals surface area contributed by atoms with Crippen LogP contribution in [-0.4, -0.2) is 12.5 Å². The largest absolute Gasteiger partial charge is 0.483 e. The highest BCUT2D eigenvalue weighted by molar-refractivity contribution is 5.78. The van der Waals surface area contributed by atoms with Crippen molar-refractivity contribution in [2.75, 3.05) is 6.61 Å². The minimum atomic E-state index is -0.171. The van der Waals surface area contributed by atoms with E-state index in [0.717, 1.165) is 22.6 Å². The Bertz CT molecular complexity index is 575. The van der Waals surface area contributed by atoms with E-state index < -0.39 is 0 Å². The minimum Gasteiger partial charge on any atom is -0.483 e. The first-order valence-electron chi connectivity index (χ1n) is 6.59. The summed E-state index contributed by atoms with van der Waals surface area (Å²) in [5, 5.41) is 2.83. The van der Waals surface area contributed by atoms with Gasteiger partial charge in [-0.1, -0.05) is 12.1 Å². The molecule has 1 heterocycles. The second-order valence-electron chi connectivity index (χ2n) is 4.79. The second kappa shape index (κ2) is 6.28. The van der Waals surface area contributed by atoms with E-state index in [-0.39, 0.29) is 18.6 Å². The predicted octanol–water partition coefficient (Wildman–Crippen LogP) is 3.15. The molecule has 0 fully saturated rings. The summed E-state index contributed by atoms with van der Waals surface area (Å²) in [6.45, 7) is 5.86. The quantitative estimate of drug-likeness (QED) is 0.910. The van der Waals surface area contributed by atoms with Crippen LogP contribution in [0.1, 0.15) is 29.9 Å². The van der Waals surface area contributed by atoms with Gasteiger partial charge in [0.15, 0.2) is 6.61 Å². The third-order valence-corrected chi connectivity index (χ3v) is 3.26. The van der Waals surface area contributed by atoms with Gasteiger partial charge in [0.05, 0.1) is 12.3 Å². The van der Waals surface area contributed by atoms with Crippen LogP contribution in [0.4, 0.5) is 0 Å². The Hall–Kier alpha value is -2.23. The summed E-state index contributed by atoms with van der Waals surface area (Å²) in [6.07, 6.45) is 1.59. The zero-order valence-corrected chi connectivity index (χ0v) is 12.0. The highest BCUT2D eigenvalue weighted by Crippen LogP contribution is 2.20. The Labute approximate surface area is 118 Å². The first kappa shape index (κ1) is 14.2. The third-order valence-electron chi connectivity index (χ3n) is 3.26. The van der Waals surface area contributed by atoms with Gasteiger partial charge in [0.1, 0.15) is 11.5 Å². The number of ether oxygens (including phenoxy) is 1. The molecule has 0 radical (unpaired) electrons. The molecule has 0 saturated carbocycles. The van der Waals surface area contributed by atoms with Gasteiger partial charge in [-0.3, -0.25) is 4.79 Å². The monoisotopic (exact) mass is 273 g/mol. The molecule has 0 aliphatic rings. The van der Waals surface area contributed by atoms with E-state index in [9.17, 15) is 4.79 Å². The van der Waals surface area contributed by atoms with Gasteiger partial charge in [0.25, 0.3) is 5.91 Å². The van der Waals surface area contributed by atoms with Crippen molar-refractivity contribution in [1.29, 1.82) is 0 Å². The lowest BCUT2D eigenvalue weighted by Gasteiger charge is -2.13. The van der Waals surface area contributed by atoms with E-state index in [2.05, 4.69) is 5.32 Å². The fraction of sp³-hybridized carbons (Fsp3) is 0.312. The number of nitrogens with one attached hydrogen (secondary N) is 1. The molecular formula is C16H19NO3. The molecule has 1 amide bonds. The molecule has 1 unspecified atom stereocenters. The van der Waals surface area contributed by atoms with Crippen LogP contribution in [0.25, 0.3) is 0 Å². The summed E-state index contributed by atoms with van der Waals surface area (Å²) in [5.41, 5.74) is 2.20. The Morgan fingerprint density at radius 2 is 2.10 bits per heavy atom. The number of hydrogen-bond donors (Lipinski definition) is 1. The van der Waals surface area contributed by atoms with Crippen molar-refractivity contribution in [3.05, 3.63) is 53.5 Å². The number of furan rings is 1. The molecule has 1 aromatic carbocycles. The Morgan fingerprint density at radius 1 is 1.30 bits per heavy atom. The van der Waals surface area contributed by atoms with Crippen molar-refractivity contribution >= 4 is 5.91 Å². The molecule has 0 aliphatic carbocycles. The Morgan fingerprint density at radius 3 is 2.80 bits per heavy atom. The van der Waals surface area contributed by atoms with Gasteiger partial charge in [-0.05, 0) is 50.1 Å². The zero-order valence-electron chi connectivity index (χ0n) is 12.0. The fourth-order valence-electron chi connectivity index (χ4n) is 1.92. The van der Waals surface area contributed by atoms with Gasteiger partial charge in [-0.25, -0.2) is 0 Å². The fourth-order valence-corrected chi connectivity index (χ4v) is 1.92. The van der Waals surface area contributed by atoms with Crippen LogP contribution in [0.2, 0.25) is 0 Å². The molecule has 20 heavy (non-hydrogen) atoms. The lowest BCUT2D eigenvalue weighted by Crippen LogP contribution is -2.31. The molecule has 4 heteroatoms. The van der Waals surface area contributed by atoms with E-state index in [1.165, 1.54) is 0 Å². The zero-order chi connectivity index (χ0) is 14.5. The summed E-state index contributed by atoms with van der Waals surface area (Å²) in [4.78, 5) is 11.8. The summed E-state index contributed by atoms with van der Waals surface area (Å²) in [7, 11) is 0. The molecule has 0 spiro atoms. The molecule has 1 atom stereocenters. The minimum absolute atomic E-state index is 0.00462. The molecule has 0 saturated heterocycles. The smallest absolute Gasteiger partial charge is 0.258 e. The van der Waals surface area contributed by atoms with E-state index in [1.54, 1.807) is 12.3 Å². The number of hydrogen-bond acceptors (Lipinski definition) is 3. The van der Waals surface area contributed by atoms with Crippen LogP contribution in [0.3, 0.4) is 0 Å². The maximum atomic E-state index is 11.8. The second-order valence-corrected chi connectivity index (χ2v) is 4.79. The van der Waals surface area contributed by atoms with E-state index in [0.29, 0.717) is 0 Å². The summed E-state index contributed by atoms with van der Waals surface area (Å²) < 4.78 is 10.8. The van der Waals surface area contributed by atoms with Gasteiger partial charge >= 0.3 is 0 Å². The average Bonchev–Trinajstić information content (AvgIpc) is 2.94. The van der Waals surface area contributed by atoms with Crippen LogP contribution in [0, 0.1) is 13.8 Å². The first-order chi connectivity index (χ1) is 9.58. The number of amides is 1. The van der Waals surface area contributed by atoms with Gasteiger partial charge < -0.3 is 14.5 Å². The predicted molar refractivity (Wildman–Crippen MR) is 76.7 cm³/mol. The van der Waals surface area contributed by atoms with Crippen molar-refractivity contribution in [1.82, 2.24) is 5.32 Å². The lowest BCUT2D eigenvalue weighted by atomic mass is 10.1. The Kier molecular flexibility index (Phi) is 4.45. The van der Waals surface area contributed by atoms with E-state index >= 15 is 0 Å². The van der Waals surface area contributed by atoms with Crippen LogP contribution in [0.5, 0.6) is 5.75 Å². The van der Waals surface area contributed by atoms with Crippen molar-refractivity contribution < 1.29 is 13.9 Å². The number of rotatable bonds is 5. The molecule has 0 bridgehead atoms. The van der Waals surface area contributed by atoms with Crippen LogP contribution in [-0.2, 0) is 4.79 Å². The van der Waals surface area contributed by atoms with Crippen molar-refractivity contribution in [3.8, 4) is 5.75 Å². The van der Waals surface area contributed by atoms with Gasteiger partial charge in [0, 0.05) is 0 Å². The van der Waals surface area contributed by atoms with Gasteiger partial charge in [-0.15, -0.1) is 0 Å². The number of carbonyl (C=O) groups excluding carboxylic acids is 1. The highest BCUT2D eigenvalue weighted by atomic mass is 16.5. The van der Waals surface area contributed by atoms with Gasteiger partial charge in [0.2, 0.25) is 0 Å². The van der Waals surface area contributed by atoms with Crippen molar-refractivity contribution in [2.24, 2.45) is 0 Å². The number of benzene rings is 1.